The second kappa shape index (κ2) is 8.80. The molecule has 1 aromatic heterocycles. The van der Waals surface area contributed by atoms with Crippen molar-refractivity contribution in [1.29, 1.82) is 0 Å². The summed E-state index contributed by atoms with van der Waals surface area (Å²) in [7, 11) is 1.61. The molecule has 3 aromatic carbocycles. The molecule has 0 saturated heterocycles. The first kappa shape index (κ1) is 20.8. The molecule has 1 amide bonds. The standard InChI is InChI=1S/C26H23N3O4/c1-32-15-14-29-25(17-8-7-11-19(16-17)33-18-9-3-2-4-10-18)22-23(27-28-24(22)26(29)31)20-12-5-6-13-21(20)30/h2-13,16,25,30H,14-15H2,1H3,(H,27,28). The maximum absolute atomic E-state index is 13.3. The molecule has 4 aromatic rings. The first-order valence-corrected chi connectivity index (χ1v) is 10.7. The topological polar surface area (TPSA) is 87.7 Å². The molecule has 166 valence electrons. The maximum atomic E-state index is 13.3. The van der Waals surface area contributed by atoms with E-state index >= 15 is 0 Å². The van der Waals surface area contributed by atoms with E-state index < -0.39 is 6.04 Å². The van der Waals surface area contributed by atoms with Gasteiger partial charge in [-0.1, -0.05) is 42.5 Å². The third-order valence-corrected chi connectivity index (χ3v) is 5.71. The number of benzene rings is 3. The predicted octanol–water partition coefficient (Wildman–Crippen LogP) is 4.77. The molecule has 33 heavy (non-hydrogen) atoms. The average Bonchev–Trinajstić information content (AvgIpc) is 3.37. The number of rotatable bonds is 7. The highest BCUT2D eigenvalue weighted by molar-refractivity contribution is 6.00. The molecule has 1 unspecified atom stereocenters. The zero-order valence-electron chi connectivity index (χ0n) is 18.1. The number of phenols is 1. The first-order chi connectivity index (χ1) is 16.2. The van der Waals surface area contributed by atoms with Crippen molar-refractivity contribution in [3.05, 3.63) is 95.7 Å². The Bertz CT molecular complexity index is 1290. The molecule has 0 spiro atoms. The molecule has 0 saturated carbocycles. The summed E-state index contributed by atoms with van der Waals surface area (Å²) >= 11 is 0. The van der Waals surface area contributed by atoms with Gasteiger partial charge >= 0.3 is 0 Å². The monoisotopic (exact) mass is 441 g/mol. The van der Waals surface area contributed by atoms with Gasteiger partial charge in [0.2, 0.25) is 0 Å². The third kappa shape index (κ3) is 3.83. The van der Waals surface area contributed by atoms with Crippen LogP contribution in [0.25, 0.3) is 11.3 Å². The normalized spacial score (nSPS) is 15.0. The number of aromatic amines is 1. The highest BCUT2D eigenvalue weighted by Gasteiger charge is 2.42. The van der Waals surface area contributed by atoms with E-state index in [0.29, 0.717) is 35.9 Å². The molecule has 1 aliphatic heterocycles. The molecule has 7 nitrogen and oxygen atoms in total. The lowest BCUT2D eigenvalue weighted by molar-refractivity contribution is 0.0677. The van der Waals surface area contributed by atoms with Gasteiger partial charge in [0.1, 0.15) is 28.6 Å². The second-order valence-electron chi connectivity index (χ2n) is 7.76. The van der Waals surface area contributed by atoms with Crippen LogP contribution in [0.3, 0.4) is 0 Å². The molecule has 5 rings (SSSR count). The number of aromatic nitrogens is 2. The number of ether oxygens (including phenoxy) is 2. The van der Waals surface area contributed by atoms with Gasteiger partial charge in [0, 0.05) is 24.8 Å². The number of carbonyl (C=O) groups excluding carboxylic acids is 1. The summed E-state index contributed by atoms with van der Waals surface area (Å²) in [5.41, 5.74) is 3.15. The Morgan fingerprint density at radius 2 is 1.76 bits per heavy atom. The van der Waals surface area contributed by atoms with Gasteiger partial charge in [-0.3, -0.25) is 9.89 Å². The molecule has 0 bridgehead atoms. The van der Waals surface area contributed by atoms with Crippen molar-refractivity contribution in [3.63, 3.8) is 0 Å². The summed E-state index contributed by atoms with van der Waals surface area (Å²) in [6, 6.07) is 23.8. The van der Waals surface area contributed by atoms with Crippen LogP contribution in [-0.4, -0.2) is 46.4 Å². The fourth-order valence-electron chi connectivity index (χ4n) is 4.22. The summed E-state index contributed by atoms with van der Waals surface area (Å²) in [5, 5.41) is 17.8. The van der Waals surface area contributed by atoms with Gasteiger partial charge < -0.3 is 19.5 Å². The Morgan fingerprint density at radius 1 is 1.00 bits per heavy atom. The summed E-state index contributed by atoms with van der Waals surface area (Å²) in [6.45, 7) is 0.804. The van der Waals surface area contributed by atoms with Crippen LogP contribution in [0.15, 0.2) is 78.9 Å². The lowest BCUT2D eigenvalue weighted by Crippen LogP contribution is -2.32. The van der Waals surface area contributed by atoms with Crippen LogP contribution in [0.5, 0.6) is 17.2 Å². The molecular formula is C26H23N3O4. The van der Waals surface area contributed by atoms with E-state index in [2.05, 4.69) is 10.2 Å². The quantitative estimate of drug-likeness (QED) is 0.432. The van der Waals surface area contributed by atoms with E-state index in [9.17, 15) is 9.90 Å². The summed E-state index contributed by atoms with van der Waals surface area (Å²) < 4.78 is 11.3. The van der Waals surface area contributed by atoms with Crippen molar-refractivity contribution in [3.8, 4) is 28.5 Å². The smallest absolute Gasteiger partial charge is 0.273 e. The molecule has 1 atom stereocenters. The minimum atomic E-state index is -0.407. The van der Waals surface area contributed by atoms with Gasteiger partial charge in [0.25, 0.3) is 5.91 Å². The molecule has 2 N–H and O–H groups in total. The lowest BCUT2D eigenvalue weighted by Gasteiger charge is -2.26. The van der Waals surface area contributed by atoms with Crippen molar-refractivity contribution in [2.24, 2.45) is 0 Å². The van der Waals surface area contributed by atoms with Gasteiger partial charge in [-0.05, 0) is 42.0 Å². The SMILES string of the molecule is COCCN1C(=O)c2[nH]nc(-c3ccccc3O)c2C1c1cccc(Oc2ccccc2)c1. The Balaban J connectivity index is 1.60. The maximum Gasteiger partial charge on any atom is 0.273 e. The number of hydrogen-bond acceptors (Lipinski definition) is 5. The molecule has 0 aliphatic carbocycles. The highest BCUT2D eigenvalue weighted by atomic mass is 16.5. The van der Waals surface area contributed by atoms with E-state index in [1.165, 1.54) is 0 Å². The fourth-order valence-corrected chi connectivity index (χ4v) is 4.22. The summed E-state index contributed by atoms with van der Waals surface area (Å²) in [5.74, 6) is 1.34. The molecule has 0 radical (unpaired) electrons. The number of para-hydroxylation sites is 2. The number of amides is 1. The Labute approximate surface area is 191 Å². The number of phenolic OH excluding ortho intramolecular Hbond substituents is 1. The van der Waals surface area contributed by atoms with Crippen molar-refractivity contribution in [2.75, 3.05) is 20.3 Å². The van der Waals surface area contributed by atoms with Crippen molar-refractivity contribution in [2.45, 2.75) is 6.04 Å². The number of nitrogens with one attached hydrogen (secondary N) is 1. The first-order valence-electron chi connectivity index (χ1n) is 10.7. The van der Waals surface area contributed by atoms with Crippen molar-refractivity contribution in [1.82, 2.24) is 15.1 Å². The van der Waals surface area contributed by atoms with Crippen LogP contribution >= 0.6 is 0 Å². The molecule has 0 fully saturated rings. The van der Waals surface area contributed by atoms with Gasteiger partial charge in [0.15, 0.2) is 0 Å². The Hall–Kier alpha value is -4.10. The van der Waals surface area contributed by atoms with Crippen LogP contribution in [0.2, 0.25) is 0 Å². The summed E-state index contributed by atoms with van der Waals surface area (Å²) in [6.07, 6.45) is 0. The minimum Gasteiger partial charge on any atom is -0.507 e. The van der Waals surface area contributed by atoms with Gasteiger partial charge in [0.05, 0.1) is 12.6 Å². The van der Waals surface area contributed by atoms with Crippen molar-refractivity contribution < 1.29 is 19.4 Å². The van der Waals surface area contributed by atoms with Crippen LogP contribution in [-0.2, 0) is 4.74 Å². The third-order valence-electron chi connectivity index (χ3n) is 5.71. The zero-order valence-corrected chi connectivity index (χ0v) is 18.1. The van der Waals surface area contributed by atoms with E-state index in [4.69, 9.17) is 9.47 Å². The number of carbonyl (C=O) groups is 1. The van der Waals surface area contributed by atoms with Crippen LogP contribution in [0, 0.1) is 0 Å². The van der Waals surface area contributed by atoms with E-state index in [1.807, 2.05) is 60.7 Å². The fraction of sp³-hybridized carbons (Fsp3) is 0.154. The van der Waals surface area contributed by atoms with Crippen molar-refractivity contribution >= 4 is 5.91 Å². The van der Waals surface area contributed by atoms with Gasteiger partial charge in [-0.2, -0.15) is 5.10 Å². The van der Waals surface area contributed by atoms with E-state index in [-0.39, 0.29) is 11.7 Å². The van der Waals surface area contributed by atoms with Crippen LogP contribution in [0.4, 0.5) is 0 Å². The average molecular weight is 441 g/mol. The zero-order chi connectivity index (χ0) is 22.8. The summed E-state index contributed by atoms with van der Waals surface area (Å²) in [4.78, 5) is 15.1. The largest absolute Gasteiger partial charge is 0.507 e. The van der Waals surface area contributed by atoms with E-state index in [0.717, 1.165) is 16.9 Å². The predicted molar refractivity (Wildman–Crippen MR) is 123 cm³/mol. The molecular weight excluding hydrogens is 418 g/mol. The number of fused-ring (bicyclic) bond motifs is 1. The van der Waals surface area contributed by atoms with Crippen LogP contribution in [0.1, 0.15) is 27.7 Å². The lowest BCUT2D eigenvalue weighted by atomic mass is 9.95. The van der Waals surface area contributed by atoms with Crippen LogP contribution < -0.4 is 4.74 Å². The molecule has 2 heterocycles. The molecule has 7 heteroatoms. The second-order valence-corrected chi connectivity index (χ2v) is 7.76. The van der Waals surface area contributed by atoms with E-state index in [1.54, 1.807) is 30.2 Å². The minimum absolute atomic E-state index is 0.106. The number of methoxy groups -OCH3 is 1. The molecule has 1 aliphatic rings. The van der Waals surface area contributed by atoms with Gasteiger partial charge in [-0.15, -0.1) is 0 Å². The number of hydrogen-bond donors (Lipinski definition) is 2. The number of aromatic hydroxyl groups is 1. The number of H-pyrrole nitrogens is 1. The Kier molecular flexibility index (Phi) is 5.54. The Morgan fingerprint density at radius 3 is 2.55 bits per heavy atom. The highest BCUT2D eigenvalue weighted by Crippen LogP contribution is 2.44. The number of nitrogens with zero attached hydrogens (tertiary/aromatic N) is 2. The van der Waals surface area contributed by atoms with Gasteiger partial charge in [-0.25, -0.2) is 0 Å².